The van der Waals surface area contributed by atoms with Crippen LogP contribution in [0.2, 0.25) is 0 Å². The van der Waals surface area contributed by atoms with Crippen molar-refractivity contribution < 1.29 is 14.3 Å². The third kappa shape index (κ3) is 4.71. The van der Waals surface area contributed by atoms with Gasteiger partial charge in [-0.05, 0) is 24.3 Å². The van der Waals surface area contributed by atoms with Gasteiger partial charge in [-0.3, -0.25) is 15.1 Å². The number of anilines is 1. The van der Waals surface area contributed by atoms with Gasteiger partial charge in [0.05, 0.1) is 11.3 Å². The summed E-state index contributed by atoms with van der Waals surface area (Å²) in [6.45, 7) is -0.388. The zero-order chi connectivity index (χ0) is 17.6. The van der Waals surface area contributed by atoms with Crippen LogP contribution in [0.15, 0.2) is 58.6 Å². The third-order valence-electron chi connectivity index (χ3n) is 3.12. The van der Waals surface area contributed by atoms with Crippen molar-refractivity contribution in [1.29, 1.82) is 0 Å². The maximum atomic E-state index is 11.9. The van der Waals surface area contributed by atoms with Gasteiger partial charge in [0.25, 0.3) is 5.91 Å². The monoisotopic (exact) mass is 417 g/mol. The van der Waals surface area contributed by atoms with E-state index in [1.54, 1.807) is 18.3 Å². The number of amides is 1. The molecule has 6 nitrogen and oxygen atoms in total. The second-order valence-corrected chi connectivity index (χ2v) is 6.68. The van der Waals surface area contributed by atoms with Crippen LogP contribution >= 0.6 is 27.3 Å². The zero-order valence-corrected chi connectivity index (χ0v) is 15.2. The Hall–Kier alpha value is -2.58. The van der Waals surface area contributed by atoms with Crippen LogP contribution in [0.4, 0.5) is 5.13 Å². The number of thiazole rings is 1. The molecule has 0 unspecified atom stereocenters. The number of carbonyl (C=O) groups is 2. The molecule has 1 aromatic carbocycles. The molecule has 1 amide bonds. The van der Waals surface area contributed by atoms with E-state index in [0.29, 0.717) is 10.7 Å². The van der Waals surface area contributed by atoms with Crippen molar-refractivity contribution in [2.24, 2.45) is 0 Å². The van der Waals surface area contributed by atoms with Gasteiger partial charge in [-0.25, -0.2) is 9.78 Å². The van der Waals surface area contributed by atoms with E-state index >= 15 is 0 Å². The molecule has 0 aliphatic heterocycles. The van der Waals surface area contributed by atoms with Crippen molar-refractivity contribution in [2.75, 3.05) is 11.9 Å². The number of carbonyl (C=O) groups excluding carboxylic acids is 2. The summed E-state index contributed by atoms with van der Waals surface area (Å²) in [6.07, 6.45) is 2.93. The molecule has 0 atom stereocenters. The number of nitrogens with zero attached hydrogens (tertiary/aromatic N) is 2. The minimum absolute atomic E-state index is 0.294. The molecule has 0 spiro atoms. The van der Waals surface area contributed by atoms with Crippen molar-refractivity contribution in [3.8, 4) is 11.3 Å². The molecular formula is C17H12BrN3O3S. The van der Waals surface area contributed by atoms with E-state index in [0.717, 1.165) is 15.7 Å². The molecule has 0 radical (unpaired) electrons. The van der Waals surface area contributed by atoms with E-state index in [1.165, 1.54) is 17.5 Å². The number of hydrogen-bond donors (Lipinski definition) is 1. The first-order valence-corrected chi connectivity index (χ1v) is 8.87. The lowest BCUT2D eigenvalue weighted by Gasteiger charge is -2.04. The van der Waals surface area contributed by atoms with Gasteiger partial charge in [0.2, 0.25) is 0 Å². The summed E-state index contributed by atoms with van der Waals surface area (Å²) in [4.78, 5) is 31.8. The van der Waals surface area contributed by atoms with Gasteiger partial charge in [-0.2, -0.15) is 0 Å². The van der Waals surface area contributed by atoms with Gasteiger partial charge >= 0.3 is 5.97 Å². The predicted octanol–water partition coefficient (Wildman–Crippen LogP) is 3.76. The maximum absolute atomic E-state index is 11.9. The molecular weight excluding hydrogens is 406 g/mol. The Labute approximate surface area is 156 Å². The Morgan fingerprint density at radius 3 is 2.72 bits per heavy atom. The predicted molar refractivity (Wildman–Crippen MR) is 98.4 cm³/mol. The van der Waals surface area contributed by atoms with Crippen LogP contribution < -0.4 is 5.32 Å². The van der Waals surface area contributed by atoms with Crippen LogP contribution in [0.5, 0.6) is 0 Å². The third-order valence-corrected chi connectivity index (χ3v) is 4.41. The van der Waals surface area contributed by atoms with E-state index in [-0.39, 0.29) is 6.61 Å². The molecule has 3 aromatic rings. The molecule has 0 saturated carbocycles. The highest BCUT2D eigenvalue weighted by Gasteiger charge is 2.12. The Kier molecular flexibility index (Phi) is 5.52. The Balaban J connectivity index is 1.55. The average molecular weight is 418 g/mol. The van der Waals surface area contributed by atoms with Crippen molar-refractivity contribution in [3.05, 3.63) is 64.2 Å². The first-order valence-electron chi connectivity index (χ1n) is 7.20. The average Bonchev–Trinajstić information content (AvgIpc) is 3.09. The quantitative estimate of drug-likeness (QED) is 0.639. The molecule has 2 heterocycles. The summed E-state index contributed by atoms with van der Waals surface area (Å²) in [5.41, 5.74) is 2.00. The van der Waals surface area contributed by atoms with Crippen molar-refractivity contribution in [3.63, 3.8) is 0 Å². The molecule has 0 aliphatic rings. The normalized spacial score (nSPS) is 10.3. The fourth-order valence-electron chi connectivity index (χ4n) is 1.94. The molecule has 3 rings (SSSR count). The summed E-state index contributed by atoms with van der Waals surface area (Å²) in [7, 11) is 0. The molecule has 0 bridgehead atoms. The Bertz CT molecular complexity index is 882. The van der Waals surface area contributed by atoms with Gasteiger partial charge in [0.1, 0.15) is 0 Å². The highest BCUT2D eigenvalue weighted by molar-refractivity contribution is 9.10. The summed E-state index contributed by atoms with van der Waals surface area (Å²) in [5, 5.41) is 4.91. The standard InChI is InChI=1S/C17H12BrN3O3S/c18-13-5-3-11(4-6-13)14-10-25-17(20-14)21-15(22)9-24-16(23)12-2-1-7-19-8-12/h1-8,10H,9H2,(H,20,21,22). The Morgan fingerprint density at radius 2 is 2.00 bits per heavy atom. The van der Waals surface area contributed by atoms with Crippen LogP contribution in [0.3, 0.4) is 0 Å². The SMILES string of the molecule is O=C(COC(=O)c1cccnc1)Nc1nc(-c2ccc(Br)cc2)cs1. The molecule has 2 aromatic heterocycles. The summed E-state index contributed by atoms with van der Waals surface area (Å²) in [6, 6.07) is 10.9. The summed E-state index contributed by atoms with van der Waals surface area (Å²) >= 11 is 4.68. The highest BCUT2D eigenvalue weighted by Crippen LogP contribution is 2.26. The van der Waals surface area contributed by atoms with Gasteiger partial charge in [-0.15, -0.1) is 11.3 Å². The van der Waals surface area contributed by atoms with Crippen LogP contribution in [0, 0.1) is 0 Å². The van der Waals surface area contributed by atoms with E-state index in [9.17, 15) is 9.59 Å². The lowest BCUT2D eigenvalue weighted by Crippen LogP contribution is -2.20. The van der Waals surface area contributed by atoms with Crippen molar-refractivity contribution in [1.82, 2.24) is 9.97 Å². The zero-order valence-electron chi connectivity index (χ0n) is 12.8. The number of hydrogen-bond acceptors (Lipinski definition) is 6. The first-order chi connectivity index (χ1) is 12.1. The van der Waals surface area contributed by atoms with E-state index in [4.69, 9.17) is 4.74 Å². The molecule has 1 N–H and O–H groups in total. The number of esters is 1. The second kappa shape index (κ2) is 8.00. The molecule has 0 saturated heterocycles. The maximum Gasteiger partial charge on any atom is 0.340 e. The van der Waals surface area contributed by atoms with Crippen LogP contribution in [0.1, 0.15) is 10.4 Å². The van der Waals surface area contributed by atoms with Gasteiger partial charge in [0.15, 0.2) is 11.7 Å². The number of ether oxygens (including phenoxy) is 1. The van der Waals surface area contributed by atoms with Crippen LogP contribution in [-0.4, -0.2) is 28.5 Å². The first kappa shape index (κ1) is 17.2. The second-order valence-electron chi connectivity index (χ2n) is 4.91. The molecule has 126 valence electrons. The number of aromatic nitrogens is 2. The summed E-state index contributed by atoms with van der Waals surface area (Å²) in [5.74, 6) is -1.05. The number of rotatable bonds is 5. The van der Waals surface area contributed by atoms with Crippen molar-refractivity contribution >= 4 is 44.3 Å². The number of halogens is 1. The van der Waals surface area contributed by atoms with E-state index in [1.807, 2.05) is 29.6 Å². The van der Waals surface area contributed by atoms with Gasteiger partial charge < -0.3 is 4.74 Å². The lowest BCUT2D eigenvalue weighted by molar-refractivity contribution is -0.119. The molecule has 25 heavy (non-hydrogen) atoms. The topological polar surface area (TPSA) is 81.2 Å². The van der Waals surface area contributed by atoms with Crippen molar-refractivity contribution in [2.45, 2.75) is 0 Å². The largest absolute Gasteiger partial charge is 0.452 e. The van der Waals surface area contributed by atoms with E-state index in [2.05, 4.69) is 31.2 Å². The minimum Gasteiger partial charge on any atom is -0.452 e. The number of pyridine rings is 1. The number of benzene rings is 1. The van der Waals surface area contributed by atoms with Gasteiger partial charge in [-0.1, -0.05) is 28.1 Å². The van der Waals surface area contributed by atoms with Crippen LogP contribution in [-0.2, 0) is 9.53 Å². The minimum atomic E-state index is -0.599. The fourth-order valence-corrected chi connectivity index (χ4v) is 2.94. The van der Waals surface area contributed by atoms with E-state index < -0.39 is 11.9 Å². The van der Waals surface area contributed by atoms with Crippen LogP contribution in [0.25, 0.3) is 11.3 Å². The van der Waals surface area contributed by atoms with Gasteiger partial charge in [0, 0.05) is 27.8 Å². The molecule has 0 aliphatic carbocycles. The smallest absolute Gasteiger partial charge is 0.340 e. The fraction of sp³-hybridized carbons (Fsp3) is 0.0588. The Morgan fingerprint density at radius 1 is 1.20 bits per heavy atom. The molecule has 8 heteroatoms. The molecule has 0 fully saturated rings. The number of nitrogens with one attached hydrogen (secondary N) is 1. The summed E-state index contributed by atoms with van der Waals surface area (Å²) < 4.78 is 5.93. The highest BCUT2D eigenvalue weighted by atomic mass is 79.9. The lowest BCUT2D eigenvalue weighted by atomic mass is 10.2.